The van der Waals surface area contributed by atoms with Crippen molar-refractivity contribution in [3.63, 3.8) is 0 Å². The molecule has 0 atom stereocenters. The lowest BCUT2D eigenvalue weighted by Gasteiger charge is -2.41. The normalized spacial score (nSPS) is 22.5. The third-order valence-electron chi connectivity index (χ3n) is 6.81. The van der Waals surface area contributed by atoms with Gasteiger partial charge in [0.2, 0.25) is 11.8 Å². The van der Waals surface area contributed by atoms with Crippen LogP contribution in [0, 0.1) is 5.92 Å². The van der Waals surface area contributed by atoms with Gasteiger partial charge in [0.05, 0.1) is 0 Å². The van der Waals surface area contributed by atoms with E-state index in [1.807, 2.05) is 41.3 Å². The lowest BCUT2D eigenvalue weighted by atomic mass is 9.92. The highest BCUT2D eigenvalue weighted by atomic mass is 16.2. The first-order chi connectivity index (χ1) is 14.2. The molecule has 1 aromatic carbocycles. The zero-order valence-corrected chi connectivity index (χ0v) is 17.3. The van der Waals surface area contributed by atoms with E-state index in [0.717, 1.165) is 70.5 Å². The van der Waals surface area contributed by atoms with Crippen LogP contribution in [0.4, 0.5) is 0 Å². The lowest BCUT2D eigenvalue weighted by molar-refractivity contribution is -0.136. The SMILES string of the molecule is O=C(C=Cc1ccccc1)N1CCC(N2CCC(C(=O)N3CCCC3)CC2)CC1. The van der Waals surface area contributed by atoms with Gasteiger partial charge in [-0.15, -0.1) is 0 Å². The number of rotatable bonds is 4. The van der Waals surface area contributed by atoms with E-state index in [1.165, 1.54) is 12.8 Å². The molecule has 3 aliphatic heterocycles. The van der Waals surface area contributed by atoms with Crippen LogP contribution in [0.15, 0.2) is 36.4 Å². The van der Waals surface area contributed by atoms with Gasteiger partial charge in [-0.3, -0.25) is 9.59 Å². The van der Waals surface area contributed by atoms with Crippen molar-refractivity contribution < 1.29 is 9.59 Å². The molecule has 4 rings (SSSR count). The fourth-order valence-electron chi connectivity index (χ4n) is 5.00. The molecule has 0 radical (unpaired) electrons. The van der Waals surface area contributed by atoms with E-state index >= 15 is 0 Å². The lowest BCUT2D eigenvalue weighted by Crippen LogP contribution is -2.50. The van der Waals surface area contributed by atoms with Crippen LogP contribution in [0.5, 0.6) is 0 Å². The molecule has 1 aromatic rings. The van der Waals surface area contributed by atoms with Gasteiger partial charge in [0.1, 0.15) is 0 Å². The van der Waals surface area contributed by atoms with E-state index in [4.69, 9.17) is 0 Å². The molecule has 0 N–H and O–H groups in total. The quantitative estimate of drug-likeness (QED) is 0.736. The van der Waals surface area contributed by atoms with Crippen molar-refractivity contribution in [2.75, 3.05) is 39.3 Å². The fraction of sp³-hybridized carbons (Fsp3) is 0.583. The minimum absolute atomic E-state index is 0.113. The summed E-state index contributed by atoms with van der Waals surface area (Å²) in [5, 5.41) is 0. The Labute approximate surface area is 174 Å². The van der Waals surface area contributed by atoms with E-state index < -0.39 is 0 Å². The maximum absolute atomic E-state index is 12.6. The van der Waals surface area contributed by atoms with Crippen LogP contribution >= 0.6 is 0 Å². The van der Waals surface area contributed by atoms with Crippen molar-refractivity contribution in [2.45, 2.75) is 44.6 Å². The molecule has 0 saturated carbocycles. The van der Waals surface area contributed by atoms with Gasteiger partial charge in [0.25, 0.3) is 0 Å². The molecule has 0 aromatic heterocycles. The van der Waals surface area contributed by atoms with E-state index in [1.54, 1.807) is 6.08 Å². The highest BCUT2D eigenvalue weighted by Crippen LogP contribution is 2.26. The number of benzene rings is 1. The summed E-state index contributed by atoms with van der Waals surface area (Å²) in [5.41, 5.74) is 1.06. The molecule has 5 nitrogen and oxygen atoms in total. The van der Waals surface area contributed by atoms with Crippen LogP contribution in [0.3, 0.4) is 0 Å². The number of hydrogen-bond donors (Lipinski definition) is 0. The third kappa shape index (κ3) is 5.08. The van der Waals surface area contributed by atoms with Gasteiger partial charge in [-0.1, -0.05) is 30.3 Å². The van der Waals surface area contributed by atoms with E-state index in [-0.39, 0.29) is 11.8 Å². The summed E-state index contributed by atoms with van der Waals surface area (Å²) in [6.07, 6.45) is 10.0. The van der Waals surface area contributed by atoms with Gasteiger partial charge < -0.3 is 14.7 Å². The van der Waals surface area contributed by atoms with Crippen molar-refractivity contribution in [3.8, 4) is 0 Å². The number of amides is 2. The number of hydrogen-bond acceptors (Lipinski definition) is 3. The Bertz CT molecular complexity index is 711. The minimum atomic E-state index is 0.113. The monoisotopic (exact) mass is 395 g/mol. The molecule has 3 fully saturated rings. The predicted molar refractivity (Wildman–Crippen MR) is 115 cm³/mol. The summed E-state index contributed by atoms with van der Waals surface area (Å²) in [6, 6.07) is 10.5. The average Bonchev–Trinajstić information content (AvgIpc) is 3.33. The highest BCUT2D eigenvalue weighted by Gasteiger charge is 2.33. The molecule has 0 unspecified atom stereocenters. The summed E-state index contributed by atoms with van der Waals surface area (Å²) in [7, 11) is 0. The van der Waals surface area contributed by atoms with Crippen molar-refractivity contribution in [1.29, 1.82) is 0 Å². The van der Waals surface area contributed by atoms with Gasteiger partial charge in [-0.2, -0.15) is 0 Å². The van der Waals surface area contributed by atoms with E-state index in [2.05, 4.69) is 9.80 Å². The number of carbonyl (C=O) groups is 2. The Kier molecular flexibility index (Phi) is 6.65. The second kappa shape index (κ2) is 9.57. The molecule has 5 heteroatoms. The smallest absolute Gasteiger partial charge is 0.246 e. The molecular weight excluding hydrogens is 362 g/mol. The summed E-state index contributed by atoms with van der Waals surface area (Å²) in [6.45, 7) is 5.63. The summed E-state index contributed by atoms with van der Waals surface area (Å²) >= 11 is 0. The Morgan fingerprint density at radius 1 is 0.793 bits per heavy atom. The first kappa shape index (κ1) is 20.1. The Balaban J connectivity index is 1.20. The first-order valence-corrected chi connectivity index (χ1v) is 11.3. The zero-order valence-electron chi connectivity index (χ0n) is 17.3. The number of carbonyl (C=O) groups excluding carboxylic acids is 2. The Hall–Kier alpha value is -2.14. The van der Waals surface area contributed by atoms with Crippen LogP contribution in [0.2, 0.25) is 0 Å². The van der Waals surface area contributed by atoms with Gasteiger partial charge in [-0.05, 0) is 63.3 Å². The largest absolute Gasteiger partial charge is 0.342 e. The van der Waals surface area contributed by atoms with Gasteiger partial charge in [0, 0.05) is 44.2 Å². The van der Waals surface area contributed by atoms with Crippen LogP contribution in [0.1, 0.15) is 44.1 Å². The fourth-order valence-corrected chi connectivity index (χ4v) is 5.00. The van der Waals surface area contributed by atoms with Crippen molar-refractivity contribution in [1.82, 2.24) is 14.7 Å². The number of nitrogens with zero attached hydrogens (tertiary/aromatic N) is 3. The second-order valence-electron chi connectivity index (χ2n) is 8.64. The van der Waals surface area contributed by atoms with Crippen molar-refractivity contribution in [2.24, 2.45) is 5.92 Å². The van der Waals surface area contributed by atoms with Gasteiger partial charge in [0.15, 0.2) is 0 Å². The number of likely N-dealkylation sites (tertiary alicyclic amines) is 3. The molecule has 3 aliphatic rings. The molecule has 3 saturated heterocycles. The summed E-state index contributed by atoms with van der Waals surface area (Å²) in [5.74, 6) is 0.740. The summed E-state index contributed by atoms with van der Waals surface area (Å²) in [4.78, 5) is 31.7. The second-order valence-corrected chi connectivity index (χ2v) is 8.64. The summed E-state index contributed by atoms with van der Waals surface area (Å²) < 4.78 is 0. The average molecular weight is 396 g/mol. The van der Waals surface area contributed by atoms with Crippen LogP contribution in [0.25, 0.3) is 6.08 Å². The maximum atomic E-state index is 12.6. The molecule has 156 valence electrons. The van der Waals surface area contributed by atoms with Gasteiger partial charge >= 0.3 is 0 Å². The predicted octanol–water partition coefficient (Wildman–Crippen LogP) is 3.03. The third-order valence-corrected chi connectivity index (χ3v) is 6.81. The standard InChI is InChI=1S/C24H33N3O2/c28-23(9-8-20-6-2-1-3-7-20)26-18-12-22(13-19-26)25-16-10-21(11-17-25)24(29)27-14-4-5-15-27/h1-3,6-9,21-22H,4-5,10-19H2. The Morgan fingerprint density at radius 3 is 2.10 bits per heavy atom. The van der Waals surface area contributed by atoms with Gasteiger partial charge in [-0.25, -0.2) is 0 Å². The van der Waals surface area contributed by atoms with Crippen LogP contribution < -0.4 is 0 Å². The molecule has 0 bridgehead atoms. The van der Waals surface area contributed by atoms with E-state index in [9.17, 15) is 9.59 Å². The molecule has 2 amide bonds. The highest BCUT2D eigenvalue weighted by molar-refractivity contribution is 5.91. The minimum Gasteiger partial charge on any atom is -0.342 e. The topological polar surface area (TPSA) is 43.9 Å². The van der Waals surface area contributed by atoms with Crippen LogP contribution in [-0.2, 0) is 9.59 Å². The molecular formula is C24H33N3O2. The van der Waals surface area contributed by atoms with Crippen LogP contribution in [-0.4, -0.2) is 71.8 Å². The van der Waals surface area contributed by atoms with Crippen molar-refractivity contribution >= 4 is 17.9 Å². The van der Waals surface area contributed by atoms with E-state index in [0.29, 0.717) is 11.9 Å². The molecule has 0 aliphatic carbocycles. The molecule has 3 heterocycles. The number of piperidine rings is 2. The molecule has 29 heavy (non-hydrogen) atoms. The maximum Gasteiger partial charge on any atom is 0.246 e. The first-order valence-electron chi connectivity index (χ1n) is 11.3. The zero-order chi connectivity index (χ0) is 20.1. The van der Waals surface area contributed by atoms with Crippen molar-refractivity contribution in [3.05, 3.63) is 42.0 Å². The molecule has 0 spiro atoms. The Morgan fingerprint density at radius 2 is 1.45 bits per heavy atom.